The Labute approximate surface area is 160 Å². The molecule has 1 amide bonds. The molecule has 1 N–H and O–H groups in total. The largest absolute Gasteiger partial charge is 0.348 e. The predicted molar refractivity (Wildman–Crippen MR) is 105 cm³/mol. The minimum absolute atomic E-state index is 0.391. The second-order valence-corrected chi connectivity index (χ2v) is 7.26. The molecule has 0 spiro atoms. The lowest BCUT2D eigenvalue weighted by atomic mass is 10.0. The fraction of sp³-hybridized carbons (Fsp3) is 0.476. The number of nitrogens with one attached hydrogen (secondary N) is 1. The Hall–Kier alpha value is -2.47. The Morgan fingerprint density at radius 1 is 1.19 bits per heavy atom. The maximum atomic E-state index is 12.7. The summed E-state index contributed by atoms with van der Waals surface area (Å²) in [5.74, 6) is -1.07. The van der Waals surface area contributed by atoms with Crippen LogP contribution in [0.15, 0.2) is 30.3 Å². The molecule has 6 heteroatoms. The summed E-state index contributed by atoms with van der Waals surface area (Å²) in [5, 5.41) is 7.24. The van der Waals surface area contributed by atoms with Crippen molar-refractivity contribution in [3.8, 4) is 5.69 Å². The van der Waals surface area contributed by atoms with Gasteiger partial charge < -0.3 is 5.32 Å². The fourth-order valence-electron chi connectivity index (χ4n) is 3.79. The lowest BCUT2D eigenvalue weighted by molar-refractivity contribution is -0.117. The standard InChI is InChI=1S/C21H28N4O2/c1-15-9-7-8-13-24(15)14-12-22-21(27)20(26)19-16(2)23-25(17(19)3)18-10-5-4-6-11-18/h4-6,10-11,15H,7-9,12-14H2,1-3H3,(H,22,27). The van der Waals surface area contributed by atoms with Crippen molar-refractivity contribution in [3.05, 3.63) is 47.3 Å². The quantitative estimate of drug-likeness (QED) is 0.629. The minimum atomic E-state index is -0.557. The fourth-order valence-corrected chi connectivity index (χ4v) is 3.79. The number of aryl methyl sites for hydroxylation is 1. The molecule has 2 heterocycles. The summed E-state index contributed by atoms with van der Waals surface area (Å²) in [6.45, 7) is 8.14. The first-order valence-corrected chi connectivity index (χ1v) is 9.67. The van der Waals surface area contributed by atoms with Gasteiger partial charge in [-0.1, -0.05) is 24.6 Å². The van der Waals surface area contributed by atoms with Crippen molar-refractivity contribution < 1.29 is 9.59 Å². The Morgan fingerprint density at radius 3 is 2.63 bits per heavy atom. The molecule has 1 atom stereocenters. The van der Waals surface area contributed by atoms with E-state index in [2.05, 4.69) is 22.2 Å². The summed E-state index contributed by atoms with van der Waals surface area (Å²) in [5.41, 5.74) is 2.52. The number of rotatable bonds is 6. The summed E-state index contributed by atoms with van der Waals surface area (Å²) >= 11 is 0. The van der Waals surface area contributed by atoms with Crippen molar-refractivity contribution in [1.82, 2.24) is 20.0 Å². The van der Waals surface area contributed by atoms with Crippen LogP contribution in [0.5, 0.6) is 0 Å². The highest BCUT2D eigenvalue weighted by Gasteiger charge is 2.25. The van der Waals surface area contributed by atoms with Crippen LogP contribution in [0.4, 0.5) is 0 Å². The number of para-hydroxylation sites is 1. The molecule has 0 aliphatic carbocycles. The Kier molecular flexibility index (Phi) is 6.06. The number of nitrogens with zero attached hydrogens (tertiary/aromatic N) is 3. The van der Waals surface area contributed by atoms with E-state index in [0.29, 0.717) is 29.5 Å². The molecule has 1 unspecified atom stereocenters. The zero-order valence-corrected chi connectivity index (χ0v) is 16.4. The van der Waals surface area contributed by atoms with E-state index in [4.69, 9.17) is 0 Å². The zero-order valence-electron chi connectivity index (χ0n) is 16.4. The number of hydrogen-bond donors (Lipinski definition) is 1. The maximum absolute atomic E-state index is 12.7. The van der Waals surface area contributed by atoms with Gasteiger partial charge in [0.15, 0.2) is 0 Å². The number of piperidine rings is 1. The summed E-state index contributed by atoms with van der Waals surface area (Å²) in [4.78, 5) is 27.5. The molecule has 0 radical (unpaired) electrons. The van der Waals surface area contributed by atoms with Crippen molar-refractivity contribution in [2.75, 3.05) is 19.6 Å². The lowest BCUT2D eigenvalue weighted by Gasteiger charge is -2.33. The van der Waals surface area contributed by atoms with E-state index in [1.807, 2.05) is 37.3 Å². The normalized spacial score (nSPS) is 17.7. The molecule has 0 bridgehead atoms. The number of amides is 1. The summed E-state index contributed by atoms with van der Waals surface area (Å²) in [6, 6.07) is 10.2. The van der Waals surface area contributed by atoms with Crippen molar-refractivity contribution >= 4 is 11.7 Å². The molecule has 3 rings (SSSR count). The molecule has 1 fully saturated rings. The molecule has 1 aromatic carbocycles. The highest BCUT2D eigenvalue weighted by molar-refractivity contribution is 6.43. The predicted octanol–water partition coefficient (Wildman–Crippen LogP) is 2.66. The van der Waals surface area contributed by atoms with Crippen LogP contribution < -0.4 is 5.32 Å². The molecule has 1 aliphatic heterocycles. The molecular weight excluding hydrogens is 340 g/mol. The maximum Gasteiger partial charge on any atom is 0.292 e. The Balaban J connectivity index is 1.65. The van der Waals surface area contributed by atoms with Crippen LogP contribution in [0.25, 0.3) is 5.69 Å². The second kappa shape index (κ2) is 8.48. The first kappa shape index (κ1) is 19.3. The number of likely N-dealkylation sites (tertiary alicyclic amines) is 1. The highest BCUT2D eigenvalue weighted by atomic mass is 16.2. The van der Waals surface area contributed by atoms with E-state index >= 15 is 0 Å². The van der Waals surface area contributed by atoms with Crippen molar-refractivity contribution in [2.24, 2.45) is 0 Å². The third-order valence-electron chi connectivity index (χ3n) is 5.35. The van der Waals surface area contributed by atoms with Gasteiger partial charge in [0.25, 0.3) is 11.7 Å². The topological polar surface area (TPSA) is 67.2 Å². The average molecular weight is 368 g/mol. The lowest BCUT2D eigenvalue weighted by Crippen LogP contribution is -2.43. The molecule has 0 saturated carbocycles. The van der Waals surface area contributed by atoms with E-state index in [9.17, 15) is 9.59 Å². The molecule has 1 aliphatic rings. The Morgan fingerprint density at radius 2 is 1.93 bits per heavy atom. The van der Waals surface area contributed by atoms with E-state index in [0.717, 1.165) is 18.8 Å². The zero-order chi connectivity index (χ0) is 19.4. The summed E-state index contributed by atoms with van der Waals surface area (Å²) in [6.07, 6.45) is 3.67. The first-order chi connectivity index (χ1) is 13.0. The number of ketones is 1. The SMILES string of the molecule is Cc1nn(-c2ccccc2)c(C)c1C(=O)C(=O)NCCN1CCCCC1C. The van der Waals surface area contributed by atoms with Crippen molar-refractivity contribution in [2.45, 2.75) is 46.1 Å². The van der Waals surface area contributed by atoms with E-state index < -0.39 is 11.7 Å². The molecule has 6 nitrogen and oxygen atoms in total. The molecule has 1 aromatic heterocycles. The van der Waals surface area contributed by atoms with E-state index in [-0.39, 0.29) is 0 Å². The number of hydrogen-bond acceptors (Lipinski definition) is 4. The highest BCUT2D eigenvalue weighted by Crippen LogP contribution is 2.18. The van der Waals surface area contributed by atoms with Crippen LogP contribution in [0, 0.1) is 13.8 Å². The summed E-state index contributed by atoms with van der Waals surface area (Å²) in [7, 11) is 0. The molecule has 27 heavy (non-hydrogen) atoms. The summed E-state index contributed by atoms with van der Waals surface area (Å²) < 4.78 is 1.71. The van der Waals surface area contributed by atoms with Gasteiger partial charge in [-0.15, -0.1) is 0 Å². The third-order valence-corrected chi connectivity index (χ3v) is 5.35. The molecule has 2 aromatic rings. The monoisotopic (exact) mass is 368 g/mol. The van der Waals surface area contributed by atoms with Crippen molar-refractivity contribution in [3.63, 3.8) is 0 Å². The third kappa shape index (κ3) is 4.27. The van der Waals surface area contributed by atoms with Gasteiger partial charge in [-0.3, -0.25) is 14.5 Å². The van der Waals surface area contributed by atoms with E-state index in [1.165, 1.54) is 19.3 Å². The Bertz CT molecular complexity index is 813. The van der Waals surface area contributed by atoms with Crippen LogP contribution in [0.3, 0.4) is 0 Å². The second-order valence-electron chi connectivity index (χ2n) is 7.26. The smallest absolute Gasteiger partial charge is 0.292 e. The van der Waals surface area contributed by atoms with Gasteiger partial charge in [0, 0.05) is 19.1 Å². The van der Waals surface area contributed by atoms with Crippen LogP contribution >= 0.6 is 0 Å². The molecular formula is C21H28N4O2. The van der Waals surface area contributed by atoms with Crippen LogP contribution in [-0.4, -0.2) is 52.0 Å². The first-order valence-electron chi connectivity index (χ1n) is 9.67. The van der Waals surface area contributed by atoms with Gasteiger partial charge >= 0.3 is 0 Å². The molecule has 144 valence electrons. The number of aromatic nitrogens is 2. The minimum Gasteiger partial charge on any atom is -0.348 e. The van der Waals surface area contributed by atoms with Gasteiger partial charge in [0.05, 0.1) is 22.6 Å². The number of Topliss-reactive ketones (excluding diaryl/α,β-unsaturated/α-hetero) is 1. The van der Waals surface area contributed by atoms with Crippen LogP contribution in [0.2, 0.25) is 0 Å². The van der Waals surface area contributed by atoms with E-state index in [1.54, 1.807) is 11.6 Å². The molecule has 1 saturated heterocycles. The van der Waals surface area contributed by atoms with Gasteiger partial charge in [0.2, 0.25) is 0 Å². The number of carbonyl (C=O) groups excluding carboxylic acids is 2. The van der Waals surface area contributed by atoms with Gasteiger partial charge in [0.1, 0.15) is 0 Å². The number of carbonyl (C=O) groups is 2. The van der Waals surface area contributed by atoms with Crippen LogP contribution in [0.1, 0.15) is 47.9 Å². The van der Waals surface area contributed by atoms with Gasteiger partial charge in [-0.2, -0.15) is 5.10 Å². The average Bonchev–Trinajstić information content (AvgIpc) is 2.97. The van der Waals surface area contributed by atoms with Crippen LogP contribution in [-0.2, 0) is 4.79 Å². The number of benzene rings is 1. The van der Waals surface area contributed by atoms with Gasteiger partial charge in [-0.05, 0) is 52.3 Å². The van der Waals surface area contributed by atoms with Gasteiger partial charge in [-0.25, -0.2) is 4.68 Å². The van der Waals surface area contributed by atoms with Crippen molar-refractivity contribution in [1.29, 1.82) is 0 Å².